The third-order valence-electron chi connectivity index (χ3n) is 0.948. The summed E-state index contributed by atoms with van der Waals surface area (Å²) in [5.41, 5.74) is 0. The van der Waals surface area contributed by atoms with Gasteiger partial charge in [0.05, 0.1) is 20.3 Å². The predicted octanol–water partition coefficient (Wildman–Crippen LogP) is 0.317. The molecule has 0 rings (SSSR count). The van der Waals surface area contributed by atoms with Gasteiger partial charge in [-0.05, 0) is 0 Å². The zero-order valence-electron chi connectivity index (χ0n) is 6.39. The van der Waals surface area contributed by atoms with Crippen LogP contribution in [0.3, 0.4) is 0 Å². The van der Waals surface area contributed by atoms with E-state index in [2.05, 4.69) is 10.1 Å². The minimum atomic E-state index is 0.0613. The minimum Gasteiger partial charge on any atom is -0.482 e. The van der Waals surface area contributed by atoms with Crippen LogP contribution in [0.4, 0.5) is 0 Å². The van der Waals surface area contributed by atoms with Crippen molar-refractivity contribution < 1.29 is 9.47 Å². The monoisotopic (exact) mass is 144 g/mol. The summed E-state index contributed by atoms with van der Waals surface area (Å²) in [4.78, 5) is 0. The lowest BCUT2D eigenvalue weighted by atomic mass is 10.5. The molecule has 0 saturated heterocycles. The summed E-state index contributed by atoms with van der Waals surface area (Å²) in [5, 5.41) is 9.79. The number of nitrogens with one attached hydrogen (secondary N) is 2. The zero-order chi connectivity index (χ0) is 7.98. The van der Waals surface area contributed by atoms with Crippen molar-refractivity contribution in [2.24, 2.45) is 0 Å². The van der Waals surface area contributed by atoms with Gasteiger partial charge in [-0.2, -0.15) is 0 Å². The van der Waals surface area contributed by atoms with Gasteiger partial charge < -0.3 is 14.8 Å². The molecule has 0 spiro atoms. The number of ether oxygens (including phenoxy) is 2. The predicted molar refractivity (Wildman–Crippen MR) is 38.9 cm³/mol. The molecule has 0 fully saturated rings. The molecular weight excluding hydrogens is 132 g/mol. The van der Waals surface area contributed by atoms with E-state index in [1.54, 1.807) is 7.05 Å². The SMILES string of the molecule is CN/C(=C\C(=N)OC)OC. The number of hydrogen-bond acceptors (Lipinski definition) is 4. The highest BCUT2D eigenvalue weighted by Crippen LogP contribution is 1.88. The van der Waals surface area contributed by atoms with Crippen molar-refractivity contribution in [2.45, 2.75) is 0 Å². The lowest BCUT2D eigenvalue weighted by Crippen LogP contribution is -2.10. The maximum Gasteiger partial charge on any atom is 0.210 e. The molecule has 58 valence electrons. The molecule has 0 aliphatic carbocycles. The van der Waals surface area contributed by atoms with Gasteiger partial charge in [-0.15, -0.1) is 0 Å². The van der Waals surface area contributed by atoms with Gasteiger partial charge in [0.15, 0.2) is 5.88 Å². The molecule has 0 saturated carbocycles. The highest BCUT2D eigenvalue weighted by Gasteiger charge is 1.93. The summed E-state index contributed by atoms with van der Waals surface area (Å²) < 4.78 is 9.37. The summed E-state index contributed by atoms with van der Waals surface area (Å²) in [6.07, 6.45) is 1.44. The van der Waals surface area contributed by atoms with Crippen LogP contribution in [0.5, 0.6) is 0 Å². The zero-order valence-corrected chi connectivity index (χ0v) is 6.39. The number of rotatable bonds is 3. The lowest BCUT2D eigenvalue weighted by molar-refractivity contribution is 0.267. The Labute approximate surface area is 60.3 Å². The Balaban J connectivity index is 3.96. The van der Waals surface area contributed by atoms with E-state index in [0.717, 1.165) is 0 Å². The first-order valence-corrected chi connectivity index (χ1v) is 2.80. The maximum atomic E-state index is 7.06. The maximum absolute atomic E-state index is 7.06. The minimum absolute atomic E-state index is 0.0613. The topological polar surface area (TPSA) is 54.3 Å². The average molecular weight is 144 g/mol. The standard InChI is InChI=1S/C6H12N2O2/c1-8-6(10-3)4-5(7)9-2/h4,7-8H,1-3H3/b6-4+,7-5?. The van der Waals surface area contributed by atoms with Crippen LogP contribution in [0.2, 0.25) is 0 Å². The van der Waals surface area contributed by atoms with E-state index in [4.69, 9.17) is 10.1 Å². The van der Waals surface area contributed by atoms with Gasteiger partial charge in [0.1, 0.15) is 0 Å². The van der Waals surface area contributed by atoms with Crippen molar-refractivity contribution in [3.8, 4) is 0 Å². The summed E-state index contributed by atoms with van der Waals surface area (Å²) >= 11 is 0. The van der Waals surface area contributed by atoms with Crippen molar-refractivity contribution in [1.29, 1.82) is 5.41 Å². The molecule has 10 heavy (non-hydrogen) atoms. The molecular formula is C6H12N2O2. The summed E-state index contributed by atoms with van der Waals surface area (Å²) in [6, 6.07) is 0. The highest BCUT2D eigenvalue weighted by atomic mass is 16.5. The van der Waals surface area contributed by atoms with E-state index in [1.165, 1.54) is 20.3 Å². The number of methoxy groups -OCH3 is 2. The first-order valence-electron chi connectivity index (χ1n) is 2.80. The highest BCUT2D eigenvalue weighted by molar-refractivity contribution is 5.84. The van der Waals surface area contributed by atoms with E-state index < -0.39 is 0 Å². The Kier molecular flexibility index (Phi) is 4.11. The van der Waals surface area contributed by atoms with Crippen LogP contribution in [0.1, 0.15) is 0 Å². The van der Waals surface area contributed by atoms with Crippen molar-refractivity contribution in [3.05, 3.63) is 12.0 Å². The molecule has 0 amide bonds. The lowest BCUT2D eigenvalue weighted by Gasteiger charge is -2.03. The molecule has 0 heterocycles. The smallest absolute Gasteiger partial charge is 0.210 e. The average Bonchev–Trinajstić information content (AvgIpc) is 1.99. The van der Waals surface area contributed by atoms with E-state index in [0.29, 0.717) is 5.88 Å². The van der Waals surface area contributed by atoms with Crippen LogP contribution < -0.4 is 5.32 Å². The van der Waals surface area contributed by atoms with Gasteiger partial charge in [-0.3, -0.25) is 5.41 Å². The van der Waals surface area contributed by atoms with Crippen molar-refractivity contribution >= 4 is 5.90 Å². The summed E-state index contributed by atoms with van der Waals surface area (Å²) in [5.74, 6) is 0.568. The Morgan fingerprint density at radius 3 is 2.30 bits per heavy atom. The molecule has 0 aromatic carbocycles. The van der Waals surface area contributed by atoms with Gasteiger partial charge in [0, 0.05) is 7.05 Å². The molecule has 0 bridgehead atoms. The van der Waals surface area contributed by atoms with Gasteiger partial charge in [-0.1, -0.05) is 0 Å². The third kappa shape index (κ3) is 2.96. The Bertz CT molecular complexity index is 137. The van der Waals surface area contributed by atoms with Gasteiger partial charge >= 0.3 is 0 Å². The van der Waals surface area contributed by atoms with E-state index >= 15 is 0 Å². The van der Waals surface area contributed by atoms with Crippen LogP contribution in [0.25, 0.3) is 0 Å². The second kappa shape index (κ2) is 4.67. The van der Waals surface area contributed by atoms with Crippen LogP contribution in [0.15, 0.2) is 12.0 Å². The quantitative estimate of drug-likeness (QED) is 0.340. The summed E-state index contributed by atoms with van der Waals surface area (Å²) in [6.45, 7) is 0. The van der Waals surface area contributed by atoms with Gasteiger partial charge in [0.25, 0.3) is 0 Å². The summed E-state index contributed by atoms with van der Waals surface area (Å²) in [7, 11) is 4.66. The fourth-order valence-corrected chi connectivity index (χ4v) is 0.411. The molecule has 0 radical (unpaired) electrons. The van der Waals surface area contributed by atoms with E-state index in [9.17, 15) is 0 Å². The van der Waals surface area contributed by atoms with Crippen LogP contribution in [-0.2, 0) is 9.47 Å². The number of hydrogen-bond donors (Lipinski definition) is 2. The molecule has 0 aromatic rings. The van der Waals surface area contributed by atoms with Gasteiger partial charge in [-0.25, -0.2) is 0 Å². The van der Waals surface area contributed by atoms with Gasteiger partial charge in [0.2, 0.25) is 5.90 Å². The Hall–Kier alpha value is -1.19. The molecule has 0 aliphatic heterocycles. The van der Waals surface area contributed by atoms with E-state index in [-0.39, 0.29) is 5.90 Å². The first-order chi connectivity index (χ1) is 4.74. The normalized spacial score (nSPS) is 10.5. The van der Waals surface area contributed by atoms with Crippen LogP contribution in [-0.4, -0.2) is 27.2 Å². The fraction of sp³-hybridized carbons (Fsp3) is 0.500. The largest absolute Gasteiger partial charge is 0.482 e. The third-order valence-corrected chi connectivity index (χ3v) is 0.948. The second-order valence-electron chi connectivity index (χ2n) is 1.53. The van der Waals surface area contributed by atoms with Crippen molar-refractivity contribution in [2.75, 3.05) is 21.3 Å². The van der Waals surface area contributed by atoms with Crippen molar-refractivity contribution in [1.82, 2.24) is 5.32 Å². The molecule has 2 N–H and O–H groups in total. The van der Waals surface area contributed by atoms with Crippen LogP contribution in [0, 0.1) is 5.41 Å². The van der Waals surface area contributed by atoms with Crippen molar-refractivity contribution in [3.63, 3.8) is 0 Å². The van der Waals surface area contributed by atoms with E-state index in [1.807, 2.05) is 0 Å². The second-order valence-corrected chi connectivity index (χ2v) is 1.53. The Morgan fingerprint density at radius 1 is 1.40 bits per heavy atom. The molecule has 0 aromatic heterocycles. The molecule has 0 atom stereocenters. The fourth-order valence-electron chi connectivity index (χ4n) is 0.411. The Morgan fingerprint density at radius 2 is 2.00 bits per heavy atom. The molecule has 0 unspecified atom stereocenters. The van der Waals surface area contributed by atoms with Crippen LogP contribution >= 0.6 is 0 Å². The molecule has 4 heteroatoms. The molecule has 4 nitrogen and oxygen atoms in total. The first kappa shape index (κ1) is 8.81. The molecule has 0 aliphatic rings.